The molecule has 5 nitrogen and oxygen atoms in total. The molecule has 122 valence electrons. The van der Waals surface area contributed by atoms with Crippen LogP contribution in [0.1, 0.15) is 19.2 Å². The Morgan fingerprint density at radius 1 is 1.04 bits per heavy atom. The number of fused-ring (bicyclic) bond motifs is 6. The smallest absolute Gasteiger partial charge is 0.236 e. The van der Waals surface area contributed by atoms with Crippen LogP contribution in [0.4, 0.5) is 0 Å². The van der Waals surface area contributed by atoms with E-state index in [9.17, 15) is 4.79 Å². The van der Waals surface area contributed by atoms with Crippen molar-refractivity contribution in [1.29, 1.82) is 0 Å². The van der Waals surface area contributed by atoms with Crippen LogP contribution in [0.5, 0.6) is 0 Å². The van der Waals surface area contributed by atoms with E-state index in [2.05, 4.69) is 11.9 Å². The summed E-state index contributed by atoms with van der Waals surface area (Å²) in [5.74, 6) is 0.858. The van der Waals surface area contributed by atoms with E-state index in [1.807, 2.05) is 40.8 Å². The third-order valence-electron chi connectivity index (χ3n) is 4.53. The fourth-order valence-corrected chi connectivity index (χ4v) is 3.42. The molecule has 0 aliphatic carbocycles. The van der Waals surface area contributed by atoms with Gasteiger partial charge in [0.05, 0.1) is 16.4 Å². The largest absolute Gasteiger partial charge is 0.437 e. The number of benzene rings is 2. The standard InChI is InChI=1S/C20H15N3O2/c1-2-7-16-22-20-17(18(24)12-8-3-6-11-15(12)25-20)19-21-13-9-4-5-10-14(13)23(16)19/h3-6,8-11H,2,7H2,1H3. The molecule has 3 heterocycles. The van der Waals surface area contributed by atoms with E-state index in [1.54, 1.807) is 12.1 Å². The van der Waals surface area contributed by atoms with Crippen molar-refractivity contribution in [3.05, 3.63) is 64.6 Å². The average molecular weight is 329 g/mol. The average Bonchev–Trinajstić information content (AvgIpc) is 3.01. The Hall–Kier alpha value is -3.21. The Kier molecular flexibility index (Phi) is 2.91. The summed E-state index contributed by atoms with van der Waals surface area (Å²) in [4.78, 5) is 22.5. The summed E-state index contributed by atoms with van der Waals surface area (Å²) in [5.41, 5.74) is 3.25. The molecule has 25 heavy (non-hydrogen) atoms. The number of hydrogen-bond donors (Lipinski definition) is 0. The fraction of sp³-hybridized carbons (Fsp3) is 0.150. The molecule has 0 radical (unpaired) electrons. The minimum absolute atomic E-state index is 0.0901. The Morgan fingerprint density at radius 3 is 2.72 bits per heavy atom. The van der Waals surface area contributed by atoms with Gasteiger partial charge >= 0.3 is 0 Å². The lowest BCUT2D eigenvalue weighted by molar-refractivity contribution is 0.637. The second kappa shape index (κ2) is 5.14. The highest BCUT2D eigenvalue weighted by molar-refractivity contribution is 5.98. The van der Waals surface area contributed by atoms with E-state index in [4.69, 9.17) is 9.40 Å². The molecule has 0 atom stereocenters. The summed E-state index contributed by atoms with van der Waals surface area (Å²) < 4.78 is 7.95. The fourth-order valence-electron chi connectivity index (χ4n) is 3.42. The first kappa shape index (κ1) is 14.2. The number of imidazole rings is 1. The van der Waals surface area contributed by atoms with Crippen molar-refractivity contribution in [3.8, 4) is 0 Å². The number of nitrogens with zero attached hydrogens (tertiary/aromatic N) is 3. The van der Waals surface area contributed by atoms with Gasteiger partial charge in [0.15, 0.2) is 5.65 Å². The third kappa shape index (κ3) is 1.92. The molecule has 0 spiro atoms. The van der Waals surface area contributed by atoms with Gasteiger partial charge in [0, 0.05) is 6.42 Å². The van der Waals surface area contributed by atoms with E-state index in [0.29, 0.717) is 27.7 Å². The van der Waals surface area contributed by atoms with Gasteiger partial charge in [0.25, 0.3) is 0 Å². The summed E-state index contributed by atoms with van der Waals surface area (Å²) in [5, 5.41) is 0.990. The lowest BCUT2D eigenvalue weighted by Crippen LogP contribution is -2.09. The van der Waals surface area contributed by atoms with Crippen LogP contribution < -0.4 is 5.43 Å². The molecule has 5 rings (SSSR count). The third-order valence-corrected chi connectivity index (χ3v) is 4.53. The quantitative estimate of drug-likeness (QED) is 0.458. The summed E-state index contributed by atoms with van der Waals surface area (Å²) in [7, 11) is 0. The maximum atomic E-state index is 13.1. The minimum atomic E-state index is -0.0901. The van der Waals surface area contributed by atoms with Gasteiger partial charge in [-0.2, -0.15) is 4.98 Å². The molecule has 0 aliphatic heterocycles. The van der Waals surface area contributed by atoms with E-state index < -0.39 is 0 Å². The second-order valence-corrected chi connectivity index (χ2v) is 6.15. The van der Waals surface area contributed by atoms with Crippen LogP contribution in [0.15, 0.2) is 57.7 Å². The molecule has 0 amide bonds. The molecule has 5 aromatic rings. The predicted octanol–water partition coefficient (Wildman–Crippen LogP) is 4.09. The highest BCUT2D eigenvalue weighted by Gasteiger charge is 2.18. The molecule has 0 fully saturated rings. The predicted molar refractivity (Wildman–Crippen MR) is 98.0 cm³/mol. The van der Waals surface area contributed by atoms with Crippen molar-refractivity contribution in [2.45, 2.75) is 19.8 Å². The zero-order valence-corrected chi connectivity index (χ0v) is 13.7. The Labute approximate surface area is 142 Å². The molecule has 0 unspecified atom stereocenters. The molecule has 0 saturated carbocycles. The van der Waals surface area contributed by atoms with Gasteiger partial charge in [-0.15, -0.1) is 0 Å². The highest BCUT2D eigenvalue weighted by Crippen LogP contribution is 2.25. The zero-order chi connectivity index (χ0) is 17.0. The molecule has 0 saturated heterocycles. The molecule has 0 aliphatic rings. The van der Waals surface area contributed by atoms with Crippen molar-refractivity contribution in [2.75, 3.05) is 0 Å². The lowest BCUT2D eigenvalue weighted by Gasteiger charge is -2.07. The number of hydrogen-bond acceptors (Lipinski definition) is 4. The number of aryl methyl sites for hydroxylation is 1. The van der Waals surface area contributed by atoms with E-state index in [-0.39, 0.29) is 5.43 Å². The van der Waals surface area contributed by atoms with Gasteiger partial charge in [0.2, 0.25) is 11.1 Å². The van der Waals surface area contributed by atoms with Gasteiger partial charge in [-0.1, -0.05) is 31.2 Å². The van der Waals surface area contributed by atoms with E-state index >= 15 is 0 Å². The van der Waals surface area contributed by atoms with Crippen LogP contribution in [-0.4, -0.2) is 14.4 Å². The van der Waals surface area contributed by atoms with Crippen LogP contribution in [0.25, 0.3) is 38.7 Å². The van der Waals surface area contributed by atoms with Gasteiger partial charge in [-0.3, -0.25) is 9.20 Å². The lowest BCUT2D eigenvalue weighted by atomic mass is 10.2. The molecule has 3 aromatic heterocycles. The maximum absolute atomic E-state index is 13.1. The second-order valence-electron chi connectivity index (χ2n) is 6.15. The van der Waals surface area contributed by atoms with Crippen LogP contribution in [-0.2, 0) is 6.42 Å². The number of para-hydroxylation sites is 3. The van der Waals surface area contributed by atoms with Crippen molar-refractivity contribution in [1.82, 2.24) is 14.4 Å². The Morgan fingerprint density at radius 2 is 1.84 bits per heavy atom. The summed E-state index contributed by atoms with van der Waals surface area (Å²) in [6, 6.07) is 15.1. The van der Waals surface area contributed by atoms with E-state index in [1.165, 1.54) is 0 Å². The van der Waals surface area contributed by atoms with Gasteiger partial charge < -0.3 is 4.42 Å². The van der Waals surface area contributed by atoms with Crippen LogP contribution in [0.3, 0.4) is 0 Å². The van der Waals surface area contributed by atoms with Crippen molar-refractivity contribution >= 4 is 38.7 Å². The number of rotatable bonds is 2. The minimum Gasteiger partial charge on any atom is -0.437 e. The van der Waals surface area contributed by atoms with Crippen LogP contribution in [0, 0.1) is 0 Å². The molecule has 5 heteroatoms. The van der Waals surface area contributed by atoms with Crippen molar-refractivity contribution in [2.24, 2.45) is 0 Å². The van der Waals surface area contributed by atoms with Crippen LogP contribution >= 0.6 is 0 Å². The molecule has 2 aromatic carbocycles. The monoisotopic (exact) mass is 329 g/mol. The maximum Gasteiger partial charge on any atom is 0.236 e. The van der Waals surface area contributed by atoms with Gasteiger partial charge in [-0.05, 0) is 30.7 Å². The van der Waals surface area contributed by atoms with Crippen LogP contribution in [0.2, 0.25) is 0 Å². The highest BCUT2D eigenvalue weighted by atomic mass is 16.3. The van der Waals surface area contributed by atoms with Crippen molar-refractivity contribution < 1.29 is 4.42 Å². The molecule has 0 bridgehead atoms. The first-order chi connectivity index (χ1) is 12.3. The van der Waals surface area contributed by atoms with Gasteiger partial charge in [-0.25, -0.2) is 4.98 Å². The Bertz CT molecular complexity index is 1330. The number of aromatic nitrogens is 3. The van der Waals surface area contributed by atoms with Gasteiger partial charge in [0.1, 0.15) is 16.8 Å². The zero-order valence-electron chi connectivity index (χ0n) is 13.7. The van der Waals surface area contributed by atoms with E-state index in [0.717, 1.165) is 29.7 Å². The van der Waals surface area contributed by atoms with Crippen molar-refractivity contribution in [3.63, 3.8) is 0 Å². The SMILES string of the molecule is CCCc1nc2oc3ccccc3c(=O)c2c2nc3ccccc3n12. The summed E-state index contributed by atoms with van der Waals surface area (Å²) in [6.45, 7) is 2.10. The Balaban J connectivity index is 2.09. The summed E-state index contributed by atoms with van der Waals surface area (Å²) >= 11 is 0. The topological polar surface area (TPSA) is 60.4 Å². The molecular weight excluding hydrogens is 314 g/mol. The summed E-state index contributed by atoms with van der Waals surface area (Å²) in [6.07, 6.45) is 1.72. The first-order valence-corrected chi connectivity index (χ1v) is 8.39. The normalized spacial score (nSPS) is 11.9. The molecular formula is C20H15N3O2. The first-order valence-electron chi connectivity index (χ1n) is 8.39. The molecule has 0 N–H and O–H groups in total.